The first kappa shape index (κ1) is 25.5. The van der Waals surface area contributed by atoms with Crippen molar-refractivity contribution in [2.75, 3.05) is 65.8 Å². The molecule has 1 aliphatic rings. The maximum atomic E-state index is 12.8. The van der Waals surface area contributed by atoms with Gasteiger partial charge in [0.2, 0.25) is 5.91 Å². The molecule has 0 fully saturated rings. The Hall–Kier alpha value is -2.17. The van der Waals surface area contributed by atoms with E-state index in [-0.39, 0.29) is 25.0 Å². The third kappa shape index (κ3) is 7.15. The standard InChI is InChI=1S/C23H31ClN2O7/c1-29-6-7-30-8-9-31-10-11-32-12-13-33-23(28)21-14-18-17-4-2-3-5-19(17)25-20(18)16-26(21)22(27)15-24/h2-5,21,25H,6-16H2,1H3/t21-/m1/s1. The van der Waals surface area contributed by atoms with Crippen LogP contribution in [0.25, 0.3) is 10.9 Å². The fraction of sp³-hybridized carbons (Fsp3) is 0.565. The van der Waals surface area contributed by atoms with Crippen molar-refractivity contribution < 1.29 is 33.3 Å². The van der Waals surface area contributed by atoms with E-state index in [2.05, 4.69) is 4.98 Å². The summed E-state index contributed by atoms with van der Waals surface area (Å²) in [6.07, 6.45) is 0.377. The van der Waals surface area contributed by atoms with Gasteiger partial charge in [-0.15, -0.1) is 11.6 Å². The third-order valence-corrected chi connectivity index (χ3v) is 5.59. The van der Waals surface area contributed by atoms with Crippen molar-refractivity contribution in [3.05, 3.63) is 35.5 Å². The lowest BCUT2D eigenvalue weighted by atomic mass is 9.96. The van der Waals surface area contributed by atoms with E-state index < -0.39 is 12.0 Å². The number of nitrogens with one attached hydrogen (secondary N) is 1. The number of halogens is 1. The molecule has 0 unspecified atom stereocenters. The maximum absolute atomic E-state index is 12.8. The van der Waals surface area contributed by atoms with Crippen LogP contribution >= 0.6 is 11.6 Å². The molecule has 1 aliphatic heterocycles. The molecule has 182 valence electrons. The molecule has 0 saturated carbocycles. The van der Waals surface area contributed by atoms with E-state index in [1.165, 1.54) is 4.90 Å². The first-order valence-electron chi connectivity index (χ1n) is 11.0. The van der Waals surface area contributed by atoms with Gasteiger partial charge in [0.25, 0.3) is 0 Å². The van der Waals surface area contributed by atoms with Crippen molar-refractivity contribution in [1.29, 1.82) is 0 Å². The van der Waals surface area contributed by atoms with Crippen molar-refractivity contribution in [2.45, 2.75) is 19.0 Å². The Kier molecular flexibility index (Phi) is 10.4. The molecule has 9 nitrogen and oxygen atoms in total. The Morgan fingerprint density at radius 3 is 2.30 bits per heavy atom. The molecule has 1 N–H and O–H groups in total. The van der Waals surface area contributed by atoms with Crippen LogP contribution in [-0.2, 0) is 46.2 Å². The highest BCUT2D eigenvalue weighted by Crippen LogP contribution is 2.30. The average Bonchev–Trinajstić information content (AvgIpc) is 3.21. The Morgan fingerprint density at radius 2 is 1.64 bits per heavy atom. The van der Waals surface area contributed by atoms with E-state index in [9.17, 15) is 9.59 Å². The highest BCUT2D eigenvalue weighted by Gasteiger charge is 2.37. The number of para-hydroxylation sites is 1. The van der Waals surface area contributed by atoms with Gasteiger partial charge >= 0.3 is 5.97 Å². The second kappa shape index (κ2) is 13.5. The summed E-state index contributed by atoms with van der Waals surface area (Å²) in [6.45, 7) is 3.51. The molecule has 0 bridgehead atoms. The van der Waals surface area contributed by atoms with Gasteiger partial charge in [0.1, 0.15) is 18.5 Å². The normalized spacial score (nSPS) is 15.6. The predicted octanol–water partition coefficient (Wildman–Crippen LogP) is 1.90. The summed E-state index contributed by atoms with van der Waals surface area (Å²) in [5.41, 5.74) is 2.93. The van der Waals surface area contributed by atoms with Gasteiger partial charge in [-0.3, -0.25) is 4.79 Å². The number of amides is 1. The number of hydrogen-bond acceptors (Lipinski definition) is 7. The lowest BCUT2D eigenvalue weighted by Gasteiger charge is -2.33. The number of ether oxygens (including phenoxy) is 5. The van der Waals surface area contributed by atoms with Crippen LogP contribution in [0.3, 0.4) is 0 Å². The van der Waals surface area contributed by atoms with Crippen LogP contribution in [0.15, 0.2) is 24.3 Å². The van der Waals surface area contributed by atoms with Crippen molar-refractivity contribution in [3.8, 4) is 0 Å². The van der Waals surface area contributed by atoms with Gasteiger partial charge in [0.05, 0.1) is 52.8 Å². The van der Waals surface area contributed by atoms with E-state index in [0.29, 0.717) is 52.6 Å². The molecule has 2 heterocycles. The summed E-state index contributed by atoms with van der Waals surface area (Å²) < 4.78 is 26.4. The van der Waals surface area contributed by atoms with Crippen LogP contribution < -0.4 is 0 Å². The quantitative estimate of drug-likeness (QED) is 0.249. The summed E-state index contributed by atoms with van der Waals surface area (Å²) in [4.78, 5) is 30.0. The minimum atomic E-state index is -0.718. The third-order valence-electron chi connectivity index (χ3n) is 5.36. The molecule has 1 aromatic heterocycles. The zero-order chi connectivity index (χ0) is 23.5. The van der Waals surface area contributed by atoms with E-state index in [4.69, 9.17) is 35.3 Å². The Labute approximate surface area is 198 Å². The number of methoxy groups -OCH3 is 1. The van der Waals surface area contributed by atoms with E-state index in [0.717, 1.165) is 22.2 Å². The fourth-order valence-electron chi connectivity index (χ4n) is 3.74. The average molecular weight is 483 g/mol. The molecule has 3 rings (SSSR count). The molecular weight excluding hydrogens is 452 g/mol. The summed E-state index contributed by atoms with van der Waals surface area (Å²) in [5.74, 6) is -0.958. The van der Waals surface area contributed by atoms with Gasteiger partial charge in [-0.05, 0) is 11.6 Å². The van der Waals surface area contributed by atoms with Crippen LogP contribution in [0.4, 0.5) is 0 Å². The predicted molar refractivity (Wildman–Crippen MR) is 122 cm³/mol. The molecule has 1 aromatic carbocycles. The number of esters is 1. The Morgan fingerprint density at radius 1 is 1.00 bits per heavy atom. The first-order valence-corrected chi connectivity index (χ1v) is 11.5. The van der Waals surface area contributed by atoms with Gasteiger partial charge in [-0.25, -0.2) is 4.79 Å². The molecule has 0 spiro atoms. The molecule has 0 saturated heterocycles. The summed E-state index contributed by atoms with van der Waals surface area (Å²) in [6, 6.07) is 7.16. The maximum Gasteiger partial charge on any atom is 0.329 e. The summed E-state index contributed by atoms with van der Waals surface area (Å²) in [5, 5.41) is 1.05. The minimum absolute atomic E-state index is 0.0963. The van der Waals surface area contributed by atoms with Crippen molar-refractivity contribution in [1.82, 2.24) is 9.88 Å². The summed E-state index contributed by atoms with van der Waals surface area (Å²) >= 11 is 5.79. The Bertz CT molecular complexity index is 904. The highest BCUT2D eigenvalue weighted by atomic mass is 35.5. The molecular formula is C23H31ClN2O7. The largest absolute Gasteiger partial charge is 0.462 e. The monoisotopic (exact) mass is 482 g/mol. The van der Waals surface area contributed by atoms with Gasteiger partial charge in [-0.2, -0.15) is 0 Å². The van der Waals surface area contributed by atoms with Crippen molar-refractivity contribution >= 4 is 34.4 Å². The molecule has 1 atom stereocenters. The number of rotatable bonds is 14. The van der Waals surface area contributed by atoms with E-state index >= 15 is 0 Å². The number of benzene rings is 1. The van der Waals surface area contributed by atoms with Gasteiger partial charge in [0.15, 0.2) is 0 Å². The van der Waals surface area contributed by atoms with Crippen LogP contribution in [0.5, 0.6) is 0 Å². The van der Waals surface area contributed by atoms with Crippen LogP contribution in [0, 0.1) is 0 Å². The molecule has 33 heavy (non-hydrogen) atoms. The number of carbonyl (C=O) groups is 2. The zero-order valence-electron chi connectivity index (χ0n) is 18.8. The number of nitrogens with zero attached hydrogens (tertiary/aromatic N) is 1. The first-order chi connectivity index (χ1) is 16.2. The molecule has 0 aliphatic carbocycles. The molecule has 10 heteroatoms. The molecule has 0 radical (unpaired) electrons. The number of hydrogen-bond donors (Lipinski definition) is 1. The number of alkyl halides is 1. The van der Waals surface area contributed by atoms with Crippen LogP contribution in [0.1, 0.15) is 11.3 Å². The second-order valence-corrected chi connectivity index (χ2v) is 7.77. The van der Waals surface area contributed by atoms with E-state index in [1.807, 2.05) is 24.3 Å². The van der Waals surface area contributed by atoms with Crippen molar-refractivity contribution in [2.24, 2.45) is 0 Å². The fourth-order valence-corrected chi connectivity index (χ4v) is 3.89. The number of carbonyl (C=O) groups excluding carboxylic acids is 2. The van der Waals surface area contributed by atoms with Crippen LogP contribution in [-0.4, -0.2) is 93.6 Å². The number of aromatic nitrogens is 1. The lowest BCUT2D eigenvalue weighted by molar-refractivity contribution is -0.157. The number of fused-ring (bicyclic) bond motifs is 3. The lowest BCUT2D eigenvalue weighted by Crippen LogP contribution is -2.50. The number of H-pyrrole nitrogens is 1. The Balaban J connectivity index is 1.41. The topological polar surface area (TPSA) is 99.3 Å². The van der Waals surface area contributed by atoms with Crippen molar-refractivity contribution in [3.63, 3.8) is 0 Å². The highest BCUT2D eigenvalue weighted by molar-refractivity contribution is 6.27. The molecule has 2 aromatic rings. The smallest absolute Gasteiger partial charge is 0.329 e. The second-order valence-electron chi connectivity index (χ2n) is 7.50. The van der Waals surface area contributed by atoms with Gasteiger partial charge in [-0.1, -0.05) is 18.2 Å². The van der Waals surface area contributed by atoms with E-state index in [1.54, 1.807) is 7.11 Å². The SMILES string of the molecule is COCCOCCOCCOCCOC(=O)[C@H]1Cc2c([nH]c3ccccc23)CN1C(=O)CCl. The van der Waals surface area contributed by atoms with Crippen LogP contribution in [0.2, 0.25) is 0 Å². The molecule has 1 amide bonds. The van der Waals surface area contributed by atoms with Gasteiger partial charge < -0.3 is 33.6 Å². The minimum Gasteiger partial charge on any atom is -0.462 e. The zero-order valence-corrected chi connectivity index (χ0v) is 19.6. The van der Waals surface area contributed by atoms with Gasteiger partial charge in [0, 0.05) is 30.1 Å². The number of aromatic amines is 1. The summed E-state index contributed by atoms with van der Waals surface area (Å²) in [7, 11) is 1.62.